The maximum atomic E-state index is 12.0. The number of aryl methyl sites for hydroxylation is 1. The van der Waals surface area contributed by atoms with Crippen LogP contribution >= 0.6 is 0 Å². The van der Waals surface area contributed by atoms with Crippen LogP contribution in [0.25, 0.3) is 0 Å². The van der Waals surface area contributed by atoms with Gasteiger partial charge in [0.2, 0.25) is 5.78 Å². The van der Waals surface area contributed by atoms with Crippen LogP contribution in [0.3, 0.4) is 0 Å². The summed E-state index contributed by atoms with van der Waals surface area (Å²) in [7, 11) is 0. The number of carbonyl (C=O) groups excluding carboxylic acids is 2. The van der Waals surface area contributed by atoms with Crippen molar-refractivity contribution in [3.8, 4) is 18.1 Å². The summed E-state index contributed by atoms with van der Waals surface area (Å²) in [4.78, 5) is 23.7. The summed E-state index contributed by atoms with van der Waals surface area (Å²) in [6.45, 7) is 1.70. The van der Waals surface area contributed by atoms with Crippen LogP contribution in [-0.4, -0.2) is 34.6 Å². The lowest BCUT2D eigenvalue weighted by Gasteiger charge is -2.18. The molecule has 2 rings (SSSR count). The minimum absolute atomic E-state index is 0. The number of ketones is 1. The van der Waals surface area contributed by atoms with Crippen LogP contribution in [0.15, 0.2) is 18.2 Å². The molecular formula is C13H13NO5. The first kappa shape index (κ1) is 14.7. The molecule has 0 spiro atoms. The predicted molar refractivity (Wildman–Crippen MR) is 66.5 cm³/mol. The molecule has 0 radical (unpaired) electrons. The second-order valence-corrected chi connectivity index (χ2v) is 3.96. The average molecular weight is 263 g/mol. The molecule has 100 valence electrons. The first-order chi connectivity index (χ1) is 8.49. The fraction of sp³-hybridized carbons (Fsp3) is 0.231. The molecule has 0 aliphatic carbocycles. The molecule has 0 aromatic heterocycles. The van der Waals surface area contributed by atoms with Gasteiger partial charge >= 0.3 is 11.7 Å². The van der Waals surface area contributed by atoms with E-state index in [2.05, 4.69) is 11.2 Å². The van der Waals surface area contributed by atoms with Crippen molar-refractivity contribution in [1.82, 2.24) is 5.32 Å². The highest BCUT2D eigenvalue weighted by molar-refractivity contribution is 6.18. The molecule has 0 bridgehead atoms. The number of rotatable bonds is 2. The summed E-state index contributed by atoms with van der Waals surface area (Å²) in [6.07, 6.45) is 4.99. The highest BCUT2D eigenvalue weighted by Gasteiger charge is 2.53. The zero-order chi connectivity index (χ0) is 13.3. The molecule has 4 N–H and O–H groups in total. The summed E-state index contributed by atoms with van der Waals surface area (Å²) >= 11 is 0. The Kier molecular flexibility index (Phi) is 3.95. The third kappa shape index (κ3) is 2.29. The molecule has 0 fully saturated rings. The fourth-order valence-electron chi connectivity index (χ4n) is 1.70. The second-order valence-electron chi connectivity index (χ2n) is 3.96. The third-order valence-electron chi connectivity index (χ3n) is 2.60. The van der Waals surface area contributed by atoms with Crippen molar-refractivity contribution in [1.29, 1.82) is 0 Å². The average Bonchev–Trinajstić information content (AvgIpc) is 2.60. The van der Waals surface area contributed by atoms with Gasteiger partial charge in [0.25, 0.3) is 0 Å². The molecular weight excluding hydrogens is 250 g/mol. The van der Waals surface area contributed by atoms with Crippen LogP contribution in [0.1, 0.15) is 15.9 Å². The van der Waals surface area contributed by atoms with Gasteiger partial charge in [0.1, 0.15) is 5.75 Å². The van der Waals surface area contributed by atoms with Crippen molar-refractivity contribution in [2.45, 2.75) is 12.7 Å². The maximum Gasteiger partial charge on any atom is 0.354 e. The Labute approximate surface area is 109 Å². The molecule has 1 aromatic rings. The number of carbonyl (C=O) groups is 2. The van der Waals surface area contributed by atoms with E-state index in [9.17, 15) is 14.7 Å². The minimum atomic E-state index is -2.52. The van der Waals surface area contributed by atoms with Crippen molar-refractivity contribution >= 4 is 11.7 Å². The molecule has 1 heterocycles. The maximum absolute atomic E-state index is 12.0. The number of terminal acetylenes is 1. The first-order valence-electron chi connectivity index (χ1n) is 5.27. The predicted octanol–water partition coefficient (Wildman–Crippen LogP) is -0.817. The van der Waals surface area contributed by atoms with E-state index in [4.69, 9.17) is 11.2 Å². The third-order valence-corrected chi connectivity index (χ3v) is 2.60. The van der Waals surface area contributed by atoms with Crippen molar-refractivity contribution in [2.75, 3.05) is 6.54 Å². The number of benzene rings is 1. The van der Waals surface area contributed by atoms with E-state index in [0.717, 1.165) is 5.56 Å². The van der Waals surface area contributed by atoms with Crippen LogP contribution in [-0.2, 0) is 4.79 Å². The van der Waals surface area contributed by atoms with Crippen LogP contribution in [0.2, 0.25) is 0 Å². The van der Waals surface area contributed by atoms with Gasteiger partial charge in [-0.15, -0.1) is 6.42 Å². The summed E-state index contributed by atoms with van der Waals surface area (Å²) < 4.78 is 5.05. The number of Topliss-reactive ketones (excluding diaryl/α,β-unsaturated/α-hetero) is 1. The topological polar surface area (TPSA) is 107 Å². The number of ether oxygens (including phenoxy) is 1. The number of hydrogen-bond donors (Lipinski definition) is 2. The Bertz CT molecular complexity index is 575. The zero-order valence-corrected chi connectivity index (χ0v) is 10.2. The standard InChI is InChI=1S/C13H11NO4.H2O/c1-3-6-14-12(16)13(17)11(15)9-7-8(2)4-5-10(9)18-13;/h1,4-5,7,17H,6H2,2H3,(H,14,16);1H2/t13-;/m0./s1. The van der Waals surface area contributed by atoms with E-state index in [0.29, 0.717) is 0 Å². The summed E-state index contributed by atoms with van der Waals surface area (Å²) in [5, 5.41) is 12.2. The van der Waals surface area contributed by atoms with Gasteiger partial charge in [-0.05, 0) is 19.1 Å². The monoisotopic (exact) mass is 263 g/mol. The largest absolute Gasteiger partial charge is 0.446 e. The number of hydrogen-bond acceptors (Lipinski definition) is 4. The summed E-state index contributed by atoms with van der Waals surface area (Å²) in [5.74, 6) is -1.90. The highest BCUT2D eigenvalue weighted by atomic mass is 16.6. The van der Waals surface area contributed by atoms with Crippen molar-refractivity contribution in [2.24, 2.45) is 0 Å². The Hall–Kier alpha value is -2.36. The molecule has 19 heavy (non-hydrogen) atoms. The lowest BCUT2D eigenvalue weighted by Crippen LogP contribution is -2.54. The fourth-order valence-corrected chi connectivity index (χ4v) is 1.70. The van der Waals surface area contributed by atoms with E-state index >= 15 is 0 Å². The van der Waals surface area contributed by atoms with E-state index < -0.39 is 17.5 Å². The van der Waals surface area contributed by atoms with E-state index in [-0.39, 0.29) is 23.3 Å². The Morgan fingerprint density at radius 2 is 2.26 bits per heavy atom. The van der Waals surface area contributed by atoms with E-state index in [1.807, 2.05) is 0 Å². The van der Waals surface area contributed by atoms with Gasteiger partial charge < -0.3 is 20.6 Å². The molecule has 0 saturated carbocycles. The lowest BCUT2D eigenvalue weighted by molar-refractivity contribution is -0.157. The smallest absolute Gasteiger partial charge is 0.354 e. The van der Waals surface area contributed by atoms with Gasteiger partial charge in [-0.25, -0.2) is 0 Å². The van der Waals surface area contributed by atoms with E-state index in [1.165, 1.54) is 6.07 Å². The van der Waals surface area contributed by atoms with Gasteiger partial charge in [0.15, 0.2) is 0 Å². The first-order valence-corrected chi connectivity index (χ1v) is 5.27. The number of amides is 1. The molecule has 1 aliphatic heterocycles. The molecule has 0 unspecified atom stereocenters. The molecule has 1 atom stereocenters. The summed E-state index contributed by atoms with van der Waals surface area (Å²) in [6, 6.07) is 4.82. The number of fused-ring (bicyclic) bond motifs is 1. The van der Waals surface area contributed by atoms with Gasteiger partial charge in [-0.1, -0.05) is 17.6 Å². The molecule has 0 saturated heterocycles. The minimum Gasteiger partial charge on any atom is -0.446 e. The number of nitrogens with one attached hydrogen (secondary N) is 1. The number of aliphatic hydroxyl groups is 1. The van der Waals surface area contributed by atoms with E-state index in [1.54, 1.807) is 19.1 Å². The highest BCUT2D eigenvalue weighted by Crippen LogP contribution is 2.34. The Morgan fingerprint density at radius 1 is 1.58 bits per heavy atom. The summed E-state index contributed by atoms with van der Waals surface area (Å²) in [5.41, 5.74) is 1.02. The molecule has 6 nitrogen and oxygen atoms in total. The zero-order valence-electron chi connectivity index (χ0n) is 10.2. The Morgan fingerprint density at radius 3 is 2.89 bits per heavy atom. The van der Waals surface area contributed by atoms with Gasteiger partial charge in [-0.3, -0.25) is 9.59 Å². The van der Waals surface area contributed by atoms with Gasteiger partial charge in [0.05, 0.1) is 12.1 Å². The molecule has 6 heteroatoms. The van der Waals surface area contributed by atoms with Crippen molar-refractivity contribution < 1.29 is 24.9 Å². The molecule has 1 amide bonds. The van der Waals surface area contributed by atoms with Gasteiger partial charge in [-0.2, -0.15) is 0 Å². The van der Waals surface area contributed by atoms with Crippen LogP contribution in [0.4, 0.5) is 0 Å². The van der Waals surface area contributed by atoms with Gasteiger partial charge in [0, 0.05) is 0 Å². The Balaban J connectivity index is 0.00000180. The second kappa shape index (κ2) is 5.10. The lowest BCUT2D eigenvalue weighted by atomic mass is 10.0. The van der Waals surface area contributed by atoms with Crippen LogP contribution in [0.5, 0.6) is 5.75 Å². The SMILES string of the molecule is C#CCNC(=O)[C@@]1(O)Oc2ccc(C)cc2C1=O.O. The van der Waals surface area contributed by atoms with Crippen LogP contribution in [0, 0.1) is 19.3 Å². The van der Waals surface area contributed by atoms with Crippen molar-refractivity contribution in [3.05, 3.63) is 29.3 Å². The quantitative estimate of drug-likeness (QED) is 0.537. The van der Waals surface area contributed by atoms with Crippen molar-refractivity contribution in [3.63, 3.8) is 0 Å². The normalized spacial score (nSPS) is 19.7. The molecule has 1 aromatic carbocycles. The van der Waals surface area contributed by atoms with Crippen LogP contribution < -0.4 is 10.1 Å². The molecule has 1 aliphatic rings.